The SMILES string of the molecule is COC1CCCCC1NC(=O)N1CCC(CCN(C)C)CC1. The van der Waals surface area contributed by atoms with E-state index >= 15 is 0 Å². The highest BCUT2D eigenvalue weighted by Gasteiger charge is 2.29. The normalized spacial score (nSPS) is 27.2. The number of hydrogen-bond acceptors (Lipinski definition) is 3. The maximum atomic E-state index is 12.5. The van der Waals surface area contributed by atoms with Gasteiger partial charge in [0.25, 0.3) is 0 Å². The van der Waals surface area contributed by atoms with E-state index in [1.807, 2.05) is 4.90 Å². The van der Waals surface area contributed by atoms with Crippen LogP contribution in [0.3, 0.4) is 0 Å². The zero-order valence-electron chi connectivity index (χ0n) is 14.5. The van der Waals surface area contributed by atoms with E-state index in [1.165, 1.54) is 19.3 Å². The second-order valence-electron chi connectivity index (χ2n) is 7.14. The Kier molecular flexibility index (Phi) is 6.96. The summed E-state index contributed by atoms with van der Waals surface area (Å²) in [6.45, 7) is 2.94. The number of nitrogens with one attached hydrogen (secondary N) is 1. The fraction of sp³-hybridized carbons (Fsp3) is 0.941. The van der Waals surface area contributed by atoms with Gasteiger partial charge in [-0.15, -0.1) is 0 Å². The molecule has 128 valence electrons. The number of amides is 2. The lowest BCUT2D eigenvalue weighted by Gasteiger charge is -2.36. The van der Waals surface area contributed by atoms with Gasteiger partial charge in [0.1, 0.15) is 0 Å². The van der Waals surface area contributed by atoms with Crippen molar-refractivity contribution in [2.24, 2.45) is 5.92 Å². The van der Waals surface area contributed by atoms with Crippen molar-refractivity contribution in [2.75, 3.05) is 40.8 Å². The summed E-state index contributed by atoms with van der Waals surface area (Å²) in [5.41, 5.74) is 0. The molecule has 1 heterocycles. The Bertz CT molecular complexity index is 341. The minimum absolute atomic E-state index is 0.111. The van der Waals surface area contributed by atoms with Gasteiger partial charge in [0.05, 0.1) is 12.1 Å². The van der Waals surface area contributed by atoms with Gasteiger partial charge < -0.3 is 19.9 Å². The lowest BCUT2D eigenvalue weighted by Crippen LogP contribution is -2.52. The van der Waals surface area contributed by atoms with Gasteiger partial charge in [-0.3, -0.25) is 0 Å². The molecular formula is C17H33N3O2. The number of piperidine rings is 1. The molecule has 0 aromatic rings. The molecule has 1 aliphatic carbocycles. The van der Waals surface area contributed by atoms with Gasteiger partial charge in [-0.1, -0.05) is 12.8 Å². The second-order valence-corrected chi connectivity index (χ2v) is 7.14. The molecule has 1 N–H and O–H groups in total. The number of carbonyl (C=O) groups excluding carboxylic acids is 1. The zero-order chi connectivity index (χ0) is 15.9. The van der Waals surface area contributed by atoms with Crippen LogP contribution < -0.4 is 5.32 Å². The molecule has 1 saturated heterocycles. The Morgan fingerprint density at radius 1 is 1.18 bits per heavy atom. The predicted octanol–water partition coefficient (Wildman–Crippen LogP) is 2.32. The summed E-state index contributed by atoms with van der Waals surface area (Å²) >= 11 is 0. The van der Waals surface area contributed by atoms with E-state index in [2.05, 4.69) is 24.3 Å². The van der Waals surface area contributed by atoms with Crippen LogP contribution in [0.1, 0.15) is 44.9 Å². The van der Waals surface area contributed by atoms with Crippen LogP contribution in [0.15, 0.2) is 0 Å². The number of urea groups is 1. The lowest BCUT2D eigenvalue weighted by molar-refractivity contribution is 0.0422. The highest BCUT2D eigenvalue weighted by molar-refractivity contribution is 5.74. The fourth-order valence-electron chi connectivity index (χ4n) is 3.66. The molecule has 22 heavy (non-hydrogen) atoms. The van der Waals surface area contributed by atoms with Crippen molar-refractivity contribution in [3.05, 3.63) is 0 Å². The maximum Gasteiger partial charge on any atom is 0.317 e. The van der Waals surface area contributed by atoms with E-state index in [9.17, 15) is 4.79 Å². The quantitative estimate of drug-likeness (QED) is 0.847. The van der Waals surface area contributed by atoms with Crippen molar-refractivity contribution >= 4 is 6.03 Å². The van der Waals surface area contributed by atoms with Crippen molar-refractivity contribution in [3.63, 3.8) is 0 Å². The van der Waals surface area contributed by atoms with E-state index in [0.717, 1.165) is 51.2 Å². The van der Waals surface area contributed by atoms with Crippen molar-refractivity contribution < 1.29 is 9.53 Å². The smallest absolute Gasteiger partial charge is 0.317 e. The van der Waals surface area contributed by atoms with Crippen molar-refractivity contribution in [2.45, 2.75) is 57.1 Å². The molecule has 2 unspecified atom stereocenters. The van der Waals surface area contributed by atoms with Gasteiger partial charge in [-0.05, 0) is 58.7 Å². The monoisotopic (exact) mass is 311 g/mol. The second kappa shape index (κ2) is 8.73. The van der Waals surface area contributed by atoms with Gasteiger partial charge in [0.2, 0.25) is 0 Å². The van der Waals surface area contributed by atoms with E-state index in [4.69, 9.17) is 4.74 Å². The molecule has 1 aliphatic heterocycles. The average molecular weight is 311 g/mol. The number of methoxy groups -OCH3 is 1. The molecule has 5 heteroatoms. The van der Waals surface area contributed by atoms with Gasteiger partial charge in [-0.2, -0.15) is 0 Å². The molecule has 2 rings (SSSR count). The predicted molar refractivity (Wildman–Crippen MR) is 89.1 cm³/mol. The molecule has 0 bridgehead atoms. The molecule has 2 atom stereocenters. The molecule has 1 saturated carbocycles. The molecule has 0 aromatic heterocycles. The molecule has 2 aliphatic rings. The summed E-state index contributed by atoms with van der Waals surface area (Å²) in [6, 6.07) is 0.303. The number of nitrogens with zero attached hydrogens (tertiary/aromatic N) is 2. The molecule has 0 radical (unpaired) electrons. The van der Waals surface area contributed by atoms with Crippen LogP contribution in [0.5, 0.6) is 0 Å². The van der Waals surface area contributed by atoms with Crippen LogP contribution in [0, 0.1) is 5.92 Å². The third-order valence-corrected chi connectivity index (χ3v) is 5.20. The van der Waals surface area contributed by atoms with Crippen molar-refractivity contribution in [1.82, 2.24) is 15.1 Å². The largest absolute Gasteiger partial charge is 0.379 e. The summed E-state index contributed by atoms with van der Waals surface area (Å²) in [4.78, 5) is 16.7. The fourth-order valence-corrected chi connectivity index (χ4v) is 3.66. The van der Waals surface area contributed by atoms with Crippen LogP contribution in [0.25, 0.3) is 0 Å². The topological polar surface area (TPSA) is 44.8 Å². The summed E-state index contributed by atoms with van der Waals surface area (Å²) in [5, 5.41) is 3.21. The molecule has 0 spiro atoms. The number of rotatable bonds is 5. The third kappa shape index (κ3) is 5.13. The average Bonchev–Trinajstić information content (AvgIpc) is 2.54. The van der Waals surface area contributed by atoms with Crippen LogP contribution in [0.2, 0.25) is 0 Å². The summed E-state index contributed by atoms with van der Waals surface area (Å²) in [6.07, 6.45) is 8.23. The lowest BCUT2D eigenvalue weighted by atomic mass is 9.92. The van der Waals surface area contributed by atoms with Gasteiger partial charge in [0, 0.05) is 20.2 Å². The van der Waals surface area contributed by atoms with E-state index < -0.39 is 0 Å². The Labute approximate surface area is 135 Å². The first kappa shape index (κ1) is 17.5. The first-order valence-electron chi connectivity index (χ1n) is 8.83. The van der Waals surface area contributed by atoms with E-state index in [-0.39, 0.29) is 18.2 Å². The number of ether oxygens (including phenoxy) is 1. The maximum absolute atomic E-state index is 12.5. The molecule has 0 aromatic carbocycles. The van der Waals surface area contributed by atoms with Crippen molar-refractivity contribution in [3.8, 4) is 0 Å². The Hall–Kier alpha value is -0.810. The van der Waals surface area contributed by atoms with Gasteiger partial charge >= 0.3 is 6.03 Å². The van der Waals surface area contributed by atoms with Crippen LogP contribution in [0.4, 0.5) is 4.79 Å². The Morgan fingerprint density at radius 2 is 1.86 bits per heavy atom. The Morgan fingerprint density at radius 3 is 2.50 bits per heavy atom. The minimum Gasteiger partial charge on any atom is -0.379 e. The van der Waals surface area contributed by atoms with Crippen molar-refractivity contribution in [1.29, 1.82) is 0 Å². The third-order valence-electron chi connectivity index (χ3n) is 5.20. The zero-order valence-corrected chi connectivity index (χ0v) is 14.5. The molecule has 2 fully saturated rings. The molecule has 2 amide bonds. The molecular weight excluding hydrogens is 278 g/mol. The highest BCUT2D eigenvalue weighted by Crippen LogP contribution is 2.23. The number of carbonyl (C=O) groups is 1. The van der Waals surface area contributed by atoms with Gasteiger partial charge in [-0.25, -0.2) is 4.79 Å². The van der Waals surface area contributed by atoms with E-state index in [1.54, 1.807) is 7.11 Å². The number of hydrogen-bond donors (Lipinski definition) is 1. The Balaban J connectivity index is 1.72. The van der Waals surface area contributed by atoms with Crippen LogP contribution in [-0.4, -0.2) is 68.8 Å². The highest BCUT2D eigenvalue weighted by atomic mass is 16.5. The van der Waals surface area contributed by atoms with Gasteiger partial charge in [0.15, 0.2) is 0 Å². The van der Waals surface area contributed by atoms with Crippen LogP contribution in [-0.2, 0) is 4.74 Å². The summed E-state index contributed by atoms with van der Waals surface area (Å²) < 4.78 is 5.53. The standard InChI is InChI=1S/C17H33N3O2/c1-19(2)11-8-14-9-12-20(13-10-14)17(21)18-15-6-4-5-7-16(15)22-3/h14-16H,4-13H2,1-3H3,(H,18,21). The summed E-state index contributed by atoms with van der Waals surface area (Å²) in [7, 11) is 6.00. The van der Waals surface area contributed by atoms with E-state index in [0.29, 0.717) is 0 Å². The first-order chi connectivity index (χ1) is 10.6. The minimum atomic E-state index is 0.111. The number of likely N-dealkylation sites (tertiary alicyclic amines) is 1. The first-order valence-corrected chi connectivity index (χ1v) is 8.83. The van der Waals surface area contributed by atoms with Crippen LogP contribution >= 0.6 is 0 Å². The molecule has 5 nitrogen and oxygen atoms in total. The summed E-state index contributed by atoms with van der Waals surface area (Å²) in [5.74, 6) is 0.771.